The van der Waals surface area contributed by atoms with E-state index in [9.17, 15) is 0 Å². The minimum Gasteiger partial charge on any atom is -0.208 e. The molecule has 1 aromatic heterocycles. The highest BCUT2D eigenvalue weighted by Crippen LogP contribution is 2.49. The van der Waals surface area contributed by atoms with Gasteiger partial charge in [-0.25, -0.2) is 15.0 Å². The van der Waals surface area contributed by atoms with Crippen molar-refractivity contribution in [1.82, 2.24) is 15.0 Å². The summed E-state index contributed by atoms with van der Waals surface area (Å²) in [6, 6.07) is 50.5. The van der Waals surface area contributed by atoms with Gasteiger partial charge in [0.1, 0.15) is 0 Å². The molecule has 53 heavy (non-hydrogen) atoms. The van der Waals surface area contributed by atoms with E-state index in [0.29, 0.717) is 5.82 Å². The average Bonchev–Trinajstić information content (AvgIpc) is 3.45. The highest BCUT2D eigenvalue weighted by molar-refractivity contribution is 6.92. The lowest BCUT2D eigenvalue weighted by molar-refractivity contribution is 0.660. The van der Waals surface area contributed by atoms with Crippen molar-refractivity contribution in [3.63, 3.8) is 0 Å². The fraction of sp³-hybridized carbons (Fsp3) is 0.312. The molecule has 5 heteroatoms. The topological polar surface area (TPSA) is 38.7 Å². The second-order valence-corrected chi connectivity index (χ2v) is 26.2. The summed E-state index contributed by atoms with van der Waals surface area (Å²) in [5.74, 6) is 2.14. The smallest absolute Gasteiger partial charge is 0.164 e. The maximum absolute atomic E-state index is 5.19. The van der Waals surface area contributed by atoms with Gasteiger partial charge in [0.25, 0.3) is 0 Å². The predicted molar refractivity (Wildman–Crippen MR) is 233 cm³/mol. The summed E-state index contributed by atoms with van der Waals surface area (Å²) in [4.78, 5) is 15.5. The molecule has 6 aromatic rings. The Hall–Kier alpha value is -4.46. The molecule has 0 spiro atoms. The molecular weight excluding hydrogens is 675 g/mol. The zero-order chi connectivity index (χ0) is 37.4. The van der Waals surface area contributed by atoms with Crippen molar-refractivity contribution in [3.8, 4) is 56.4 Å². The molecule has 0 radical (unpaired) electrons. The molecule has 1 aliphatic carbocycles. The molecule has 0 saturated heterocycles. The largest absolute Gasteiger partial charge is 0.208 e. The predicted octanol–water partition coefficient (Wildman–Crippen LogP) is 12.3. The first-order chi connectivity index (χ1) is 25.6. The van der Waals surface area contributed by atoms with Gasteiger partial charge >= 0.3 is 0 Å². The normalized spacial score (nSPS) is 13.5. The first-order valence-electron chi connectivity index (χ1n) is 20.0. The number of aromatic nitrogens is 3. The van der Waals surface area contributed by atoms with Crippen LogP contribution >= 0.6 is 0 Å². The van der Waals surface area contributed by atoms with Gasteiger partial charge in [-0.1, -0.05) is 205 Å². The van der Waals surface area contributed by atoms with E-state index in [0.717, 1.165) is 33.9 Å². The lowest BCUT2D eigenvalue weighted by Gasteiger charge is -2.28. The summed E-state index contributed by atoms with van der Waals surface area (Å²) in [5, 5.41) is 3.06. The van der Waals surface area contributed by atoms with E-state index in [4.69, 9.17) is 15.0 Å². The van der Waals surface area contributed by atoms with Crippen molar-refractivity contribution in [2.75, 3.05) is 0 Å². The fourth-order valence-electron chi connectivity index (χ4n) is 9.16. The van der Waals surface area contributed by atoms with Gasteiger partial charge < -0.3 is 0 Å². The van der Waals surface area contributed by atoms with Crippen LogP contribution in [0.15, 0.2) is 115 Å². The van der Waals surface area contributed by atoms with E-state index in [1.807, 2.05) is 0 Å². The molecule has 270 valence electrons. The van der Waals surface area contributed by atoms with Crippen LogP contribution in [0.5, 0.6) is 0 Å². The van der Waals surface area contributed by atoms with E-state index in [-0.39, 0.29) is 5.41 Å². The van der Waals surface area contributed by atoms with Crippen LogP contribution in [-0.2, 0) is 5.41 Å². The Morgan fingerprint density at radius 2 is 0.811 bits per heavy atom. The molecule has 0 aliphatic heterocycles. The van der Waals surface area contributed by atoms with Crippen LogP contribution < -0.4 is 10.4 Å². The fourth-order valence-corrected chi connectivity index (χ4v) is 16.4. The molecular formula is C48H55N3Si2. The summed E-state index contributed by atoms with van der Waals surface area (Å²) in [7, 11) is -3.00. The number of benzene rings is 5. The first kappa shape index (κ1) is 36.9. The number of nitrogens with zero attached hydrogens (tertiary/aromatic N) is 3. The van der Waals surface area contributed by atoms with Gasteiger partial charge in [-0.15, -0.1) is 0 Å². The van der Waals surface area contributed by atoms with Crippen molar-refractivity contribution in [3.05, 3.63) is 126 Å². The van der Waals surface area contributed by atoms with Crippen LogP contribution in [0.1, 0.15) is 66.5 Å². The summed E-state index contributed by atoms with van der Waals surface area (Å²) in [5.41, 5.74) is 10.8. The van der Waals surface area contributed by atoms with Crippen LogP contribution in [-0.4, -0.2) is 31.1 Å². The third-order valence-corrected chi connectivity index (χ3v) is 24.5. The Kier molecular flexibility index (Phi) is 10.3. The van der Waals surface area contributed by atoms with E-state index in [1.165, 1.54) is 74.5 Å². The Bertz CT molecular complexity index is 2130. The van der Waals surface area contributed by atoms with E-state index in [2.05, 4.69) is 171 Å². The van der Waals surface area contributed by atoms with Gasteiger partial charge in [0.2, 0.25) is 0 Å². The van der Waals surface area contributed by atoms with Gasteiger partial charge in [-0.3, -0.25) is 0 Å². The van der Waals surface area contributed by atoms with Crippen molar-refractivity contribution in [1.29, 1.82) is 0 Å². The molecule has 0 fully saturated rings. The summed E-state index contributed by atoms with van der Waals surface area (Å²) < 4.78 is 0. The Morgan fingerprint density at radius 3 is 1.32 bits per heavy atom. The highest BCUT2D eigenvalue weighted by Gasteiger charge is 2.35. The van der Waals surface area contributed by atoms with Crippen LogP contribution in [0.3, 0.4) is 0 Å². The third-order valence-electron chi connectivity index (χ3n) is 13.2. The van der Waals surface area contributed by atoms with Crippen LogP contribution in [0, 0.1) is 0 Å². The van der Waals surface area contributed by atoms with Gasteiger partial charge in [-0.2, -0.15) is 0 Å². The quantitative estimate of drug-likeness (QED) is 0.118. The molecule has 0 unspecified atom stereocenters. The summed E-state index contributed by atoms with van der Waals surface area (Å²) in [6.45, 7) is 18.9. The van der Waals surface area contributed by atoms with Gasteiger partial charge in [0.15, 0.2) is 17.5 Å². The minimum atomic E-state index is -1.50. The second-order valence-electron chi connectivity index (χ2n) is 15.7. The SMILES string of the molecule is CC[Si](CC)(CC)c1ccc(-c2nc(-c3ccc([Si](CC)(CC)CC)cc3)nc(-c3cccc(-c4ccc5c(c4)C(C)(C)c4ccccc4-5)c3)n2)cc1. The molecule has 1 aliphatic rings. The Labute approximate surface area is 320 Å². The molecule has 0 atom stereocenters. The molecule has 0 N–H and O–H groups in total. The highest BCUT2D eigenvalue weighted by atomic mass is 28.3. The maximum atomic E-state index is 5.19. The van der Waals surface area contributed by atoms with Crippen molar-refractivity contribution in [2.45, 2.75) is 97.1 Å². The molecule has 0 saturated carbocycles. The molecule has 1 heterocycles. The van der Waals surface area contributed by atoms with Crippen LogP contribution in [0.4, 0.5) is 0 Å². The Morgan fingerprint density at radius 1 is 0.396 bits per heavy atom. The monoisotopic (exact) mass is 729 g/mol. The molecule has 0 amide bonds. The van der Waals surface area contributed by atoms with Crippen molar-refractivity contribution in [2.24, 2.45) is 0 Å². The Balaban J connectivity index is 1.32. The standard InChI is InChI=1S/C48H55N3Si2/c1-9-52(10-2,11-3)39-27-22-34(23-28-39)45-49-46(35-24-29-40(30-25-35)53(12-4,13-5)14-6)51-47(50-45)38-19-17-18-36(32-38)37-26-31-42-41-20-15-16-21-43(41)48(7,8)44(42)33-37/h15-33H,9-14H2,1-8H3. The van der Waals surface area contributed by atoms with Crippen LogP contribution in [0.2, 0.25) is 36.3 Å². The number of hydrogen-bond acceptors (Lipinski definition) is 3. The molecule has 7 rings (SSSR count). The lowest BCUT2D eigenvalue weighted by Crippen LogP contribution is -2.45. The van der Waals surface area contributed by atoms with Gasteiger partial charge in [0.05, 0.1) is 16.1 Å². The number of hydrogen-bond donors (Lipinski definition) is 0. The van der Waals surface area contributed by atoms with Gasteiger partial charge in [0, 0.05) is 22.1 Å². The lowest BCUT2D eigenvalue weighted by atomic mass is 9.81. The van der Waals surface area contributed by atoms with Crippen molar-refractivity contribution < 1.29 is 0 Å². The van der Waals surface area contributed by atoms with E-state index in [1.54, 1.807) is 0 Å². The maximum Gasteiger partial charge on any atom is 0.164 e. The average molecular weight is 730 g/mol. The van der Waals surface area contributed by atoms with Crippen molar-refractivity contribution >= 4 is 26.5 Å². The van der Waals surface area contributed by atoms with Gasteiger partial charge in [-0.05, 0) is 45.5 Å². The zero-order valence-electron chi connectivity index (χ0n) is 33.1. The zero-order valence-corrected chi connectivity index (χ0v) is 35.1. The molecule has 5 aromatic carbocycles. The third kappa shape index (κ3) is 6.46. The van der Waals surface area contributed by atoms with E-state index < -0.39 is 16.1 Å². The van der Waals surface area contributed by atoms with E-state index >= 15 is 0 Å². The van der Waals surface area contributed by atoms with Crippen LogP contribution in [0.25, 0.3) is 56.4 Å². The summed E-state index contributed by atoms with van der Waals surface area (Å²) in [6.07, 6.45) is 0. The number of rotatable bonds is 12. The minimum absolute atomic E-state index is 0.0519. The first-order valence-corrected chi connectivity index (χ1v) is 25.2. The number of fused-ring (bicyclic) bond motifs is 3. The second kappa shape index (κ2) is 14.8. The summed E-state index contributed by atoms with van der Waals surface area (Å²) >= 11 is 0. The molecule has 3 nitrogen and oxygen atoms in total. The molecule has 0 bridgehead atoms.